The molecule has 3 fully saturated rings. The number of likely N-dealkylation sites (tertiary alicyclic amines) is 1. The van der Waals surface area contributed by atoms with Crippen LogP contribution in [0.4, 0.5) is 17.1 Å². The standard InChI is InChI=1S/C27H34N4O5S/c1-30-17-27(18-30)23-14-20(3-2-19(23)16-36-27)28-25(33)22-5-4-21(29-37(34,35)13-12-32)15-24(22)31-10-8-26(6-7-26)9-11-31/h2-5,14-15,29,32H,6-13,16-18H2,1H3,(H,28,33). The minimum absolute atomic E-state index is 0.231. The number of carbonyl (C=O) groups excluding carboxylic acids is 1. The number of piperidine rings is 1. The zero-order chi connectivity index (χ0) is 25.8. The Bertz CT molecular complexity index is 1320. The SMILES string of the molecule is CN1CC2(C1)OCc1ccc(NC(=O)c3ccc(NS(=O)(=O)CCO)cc3N3CCC4(CC3)CC4)cc12. The number of hydrogen-bond acceptors (Lipinski definition) is 7. The molecule has 1 saturated carbocycles. The normalized spacial score (nSPS) is 21.5. The Balaban J connectivity index is 1.27. The zero-order valence-corrected chi connectivity index (χ0v) is 21.9. The van der Waals surface area contributed by atoms with Gasteiger partial charge >= 0.3 is 0 Å². The number of nitrogens with one attached hydrogen (secondary N) is 2. The van der Waals surface area contributed by atoms with Crippen molar-refractivity contribution in [1.82, 2.24) is 4.90 Å². The van der Waals surface area contributed by atoms with Crippen LogP contribution < -0.4 is 14.9 Å². The first-order chi connectivity index (χ1) is 17.7. The highest BCUT2D eigenvalue weighted by molar-refractivity contribution is 7.92. The Morgan fingerprint density at radius 3 is 2.46 bits per heavy atom. The van der Waals surface area contributed by atoms with Crippen LogP contribution in [-0.4, -0.2) is 69.9 Å². The highest BCUT2D eigenvalue weighted by Gasteiger charge is 2.48. The Hall–Kier alpha value is -2.66. The first kappa shape index (κ1) is 24.7. The number of amides is 1. The van der Waals surface area contributed by atoms with Gasteiger partial charge in [-0.05, 0) is 79.6 Å². The van der Waals surface area contributed by atoms with Crippen LogP contribution in [0, 0.1) is 5.41 Å². The van der Waals surface area contributed by atoms with Gasteiger partial charge in [-0.1, -0.05) is 6.07 Å². The molecule has 10 heteroatoms. The quantitative estimate of drug-likeness (QED) is 0.509. The van der Waals surface area contributed by atoms with Gasteiger partial charge in [0.2, 0.25) is 10.0 Å². The molecular formula is C27H34N4O5S. The van der Waals surface area contributed by atoms with E-state index in [4.69, 9.17) is 9.84 Å². The van der Waals surface area contributed by atoms with Crippen molar-refractivity contribution in [3.63, 3.8) is 0 Å². The Morgan fingerprint density at radius 1 is 1.05 bits per heavy atom. The molecule has 1 aliphatic carbocycles. The third-order valence-corrected chi connectivity index (χ3v) is 9.68. The average Bonchev–Trinajstić information content (AvgIpc) is 3.49. The molecule has 0 bridgehead atoms. The van der Waals surface area contributed by atoms with E-state index in [9.17, 15) is 13.2 Å². The molecule has 2 aromatic carbocycles. The van der Waals surface area contributed by atoms with Gasteiger partial charge in [0.1, 0.15) is 5.60 Å². The molecule has 3 heterocycles. The fraction of sp³-hybridized carbons (Fsp3) is 0.519. The number of rotatable bonds is 7. The fourth-order valence-corrected chi connectivity index (χ4v) is 6.91. The van der Waals surface area contributed by atoms with Gasteiger partial charge in [-0.2, -0.15) is 0 Å². The van der Waals surface area contributed by atoms with Crippen LogP contribution in [0.1, 0.15) is 47.2 Å². The summed E-state index contributed by atoms with van der Waals surface area (Å²) in [4.78, 5) is 18.0. The maximum absolute atomic E-state index is 13.6. The largest absolute Gasteiger partial charge is 0.395 e. The van der Waals surface area contributed by atoms with Crippen LogP contribution in [0.15, 0.2) is 36.4 Å². The second-order valence-electron chi connectivity index (χ2n) is 11.1. The van der Waals surface area contributed by atoms with Crippen molar-refractivity contribution < 1.29 is 23.1 Å². The van der Waals surface area contributed by atoms with Crippen molar-refractivity contribution in [3.05, 3.63) is 53.1 Å². The second-order valence-corrected chi connectivity index (χ2v) is 13.0. The monoisotopic (exact) mass is 526 g/mol. The summed E-state index contributed by atoms with van der Waals surface area (Å²) in [5, 5.41) is 12.2. The number of sulfonamides is 1. The molecular weight excluding hydrogens is 492 g/mol. The van der Waals surface area contributed by atoms with Gasteiger partial charge in [0.25, 0.3) is 5.91 Å². The van der Waals surface area contributed by atoms with E-state index in [1.807, 2.05) is 18.2 Å². The van der Waals surface area contributed by atoms with Crippen LogP contribution in [-0.2, 0) is 27.0 Å². The number of aliphatic hydroxyl groups excluding tert-OH is 1. The summed E-state index contributed by atoms with van der Waals surface area (Å²) in [6, 6.07) is 11.0. The number of fused-ring (bicyclic) bond motifs is 2. The third kappa shape index (κ3) is 4.71. The number of aliphatic hydroxyl groups is 1. The Kier molecular flexibility index (Phi) is 5.98. The first-order valence-electron chi connectivity index (χ1n) is 13.0. The van der Waals surface area contributed by atoms with Gasteiger partial charge in [0.15, 0.2) is 0 Å². The van der Waals surface area contributed by atoms with Crippen LogP contribution >= 0.6 is 0 Å². The number of nitrogens with zero attached hydrogens (tertiary/aromatic N) is 2. The molecule has 2 spiro atoms. The van der Waals surface area contributed by atoms with Crippen molar-refractivity contribution >= 4 is 33.0 Å². The van der Waals surface area contributed by atoms with Gasteiger partial charge in [-0.25, -0.2) is 8.42 Å². The van der Waals surface area contributed by atoms with Crippen LogP contribution in [0.2, 0.25) is 0 Å². The van der Waals surface area contributed by atoms with Crippen molar-refractivity contribution in [2.75, 3.05) is 60.5 Å². The molecule has 0 radical (unpaired) electrons. The molecule has 1 amide bonds. The molecule has 6 rings (SSSR count). The van der Waals surface area contributed by atoms with Gasteiger partial charge < -0.3 is 20.1 Å². The number of hydrogen-bond donors (Lipinski definition) is 3. The molecule has 0 unspecified atom stereocenters. The lowest BCUT2D eigenvalue weighted by molar-refractivity contribution is -0.132. The highest BCUT2D eigenvalue weighted by atomic mass is 32.2. The molecule has 3 aliphatic heterocycles. The van der Waals surface area contributed by atoms with E-state index in [1.165, 1.54) is 12.8 Å². The summed E-state index contributed by atoms with van der Waals surface area (Å²) in [7, 11) is -1.61. The molecule has 2 aromatic rings. The van der Waals surface area contributed by atoms with E-state index in [1.54, 1.807) is 18.2 Å². The summed E-state index contributed by atoms with van der Waals surface area (Å²) in [5.74, 6) is -0.610. The summed E-state index contributed by atoms with van der Waals surface area (Å²) >= 11 is 0. The number of likely N-dealkylation sites (N-methyl/N-ethyl adjacent to an activating group) is 1. The van der Waals surface area contributed by atoms with Crippen LogP contribution in [0.25, 0.3) is 0 Å². The smallest absolute Gasteiger partial charge is 0.257 e. The Labute approximate surface area is 217 Å². The van der Waals surface area contributed by atoms with Gasteiger partial charge in [-0.15, -0.1) is 0 Å². The second kappa shape index (κ2) is 8.97. The first-order valence-corrected chi connectivity index (χ1v) is 14.6. The van der Waals surface area contributed by atoms with E-state index in [0.717, 1.165) is 61.5 Å². The molecule has 198 valence electrons. The van der Waals surface area contributed by atoms with Crippen molar-refractivity contribution in [3.8, 4) is 0 Å². The number of benzene rings is 2. The van der Waals surface area contributed by atoms with E-state index >= 15 is 0 Å². The molecule has 0 aromatic heterocycles. The molecule has 9 nitrogen and oxygen atoms in total. The zero-order valence-electron chi connectivity index (χ0n) is 21.1. The third-order valence-electron chi connectivity index (χ3n) is 8.41. The molecule has 4 aliphatic rings. The molecule has 2 saturated heterocycles. The summed E-state index contributed by atoms with van der Waals surface area (Å²) < 4.78 is 33.2. The lowest BCUT2D eigenvalue weighted by atomic mass is 9.85. The van der Waals surface area contributed by atoms with Crippen molar-refractivity contribution in [1.29, 1.82) is 0 Å². The predicted molar refractivity (Wildman–Crippen MR) is 142 cm³/mol. The number of anilines is 3. The topological polar surface area (TPSA) is 111 Å². The fourth-order valence-electron chi connectivity index (χ4n) is 6.08. The van der Waals surface area contributed by atoms with Crippen LogP contribution in [0.3, 0.4) is 0 Å². The van der Waals surface area contributed by atoms with Crippen molar-refractivity contribution in [2.45, 2.75) is 37.9 Å². The molecule has 37 heavy (non-hydrogen) atoms. The predicted octanol–water partition coefficient (Wildman–Crippen LogP) is 2.72. The maximum Gasteiger partial charge on any atom is 0.257 e. The van der Waals surface area contributed by atoms with Crippen LogP contribution in [0.5, 0.6) is 0 Å². The Morgan fingerprint density at radius 2 is 1.78 bits per heavy atom. The minimum Gasteiger partial charge on any atom is -0.395 e. The van der Waals surface area contributed by atoms with Gasteiger partial charge in [-0.3, -0.25) is 14.4 Å². The summed E-state index contributed by atoms with van der Waals surface area (Å²) in [6.45, 7) is 3.47. The van der Waals surface area contributed by atoms with Gasteiger partial charge in [0, 0.05) is 31.9 Å². The lowest BCUT2D eigenvalue weighted by Gasteiger charge is -2.45. The highest BCUT2D eigenvalue weighted by Crippen LogP contribution is 2.54. The summed E-state index contributed by atoms with van der Waals surface area (Å²) in [6.07, 6.45) is 4.70. The number of ether oxygens (including phenoxy) is 1. The maximum atomic E-state index is 13.6. The van der Waals surface area contributed by atoms with E-state index in [-0.39, 0.29) is 17.3 Å². The lowest BCUT2D eigenvalue weighted by Crippen LogP contribution is -2.57. The molecule has 0 atom stereocenters. The molecule has 3 N–H and O–H groups in total. The minimum atomic E-state index is -3.67. The summed E-state index contributed by atoms with van der Waals surface area (Å²) in [5.41, 5.74) is 4.82. The van der Waals surface area contributed by atoms with E-state index in [0.29, 0.717) is 23.3 Å². The van der Waals surface area contributed by atoms with Crippen molar-refractivity contribution in [2.24, 2.45) is 5.41 Å². The average molecular weight is 527 g/mol. The van der Waals surface area contributed by atoms with E-state index in [2.05, 4.69) is 26.9 Å². The van der Waals surface area contributed by atoms with Gasteiger partial charge in [0.05, 0.1) is 35.9 Å². The van der Waals surface area contributed by atoms with E-state index < -0.39 is 16.6 Å². The number of carbonyl (C=O) groups is 1.